The summed E-state index contributed by atoms with van der Waals surface area (Å²) in [7, 11) is -3.52. The van der Waals surface area contributed by atoms with Gasteiger partial charge in [-0.15, -0.1) is 0 Å². The van der Waals surface area contributed by atoms with Crippen molar-refractivity contribution in [3.05, 3.63) is 65.2 Å². The van der Waals surface area contributed by atoms with Crippen LogP contribution in [0, 0.1) is 0 Å². The van der Waals surface area contributed by atoms with Crippen LogP contribution in [0.25, 0.3) is 0 Å². The second kappa shape index (κ2) is 10.3. The van der Waals surface area contributed by atoms with Crippen molar-refractivity contribution in [2.45, 2.75) is 43.9 Å². The molecule has 0 bridgehead atoms. The summed E-state index contributed by atoms with van der Waals surface area (Å²) in [5.41, 5.74) is 2.27. The van der Waals surface area contributed by atoms with Crippen LogP contribution in [0.1, 0.15) is 54.1 Å². The van der Waals surface area contributed by atoms with Gasteiger partial charge in [0.25, 0.3) is 10.0 Å². The molecule has 1 N–H and O–H groups in total. The van der Waals surface area contributed by atoms with Gasteiger partial charge in [0.15, 0.2) is 12.4 Å². The van der Waals surface area contributed by atoms with E-state index in [-0.39, 0.29) is 23.7 Å². The lowest BCUT2D eigenvalue weighted by molar-refractivity contribution is -0.142. The van der Waals surface area contributed by atoms with Crippen LogP contribution in [-0.2, 0) is 26.0 Å². The smallest absolute Gasteiger partial charge is 0.306 e. The molecular formula is C23H26N2O5S. The van der Waals surface area contributed by atoms with Gasteiger partial charge in [0.05, 0.1) is 4.90 Å². The first-order valence-corrected chi connectivity index (χ1v) is 11.8. The zero-order valence-corrected chi connectivity index (χ0v) is 18.3. The standard InChI is InChI=1S/C23H26N2O5S/c1-2-17-11-13-18(14-12-17)20(26)16-30-22(27)10-4-3-7-15-24-23-19-8-5-6-9-21(19)31(28,29)25-23/h5-6,8-9,11-14H,2-4,7,10,15-16H2,1H3,(H,24,25). The minimum Gasteiger partial charge on any atom is -0.457 e. The second-order valence-corrected chi connectivity index (χ2v) is 8.93. The summed E-state index contributed by atoms with van der Waals surface area (Å²) in [6, 6.07) is 14.0. The highest BCUT2D eigenvalue weighted by atomic mass is 32.2. The predicted octanol–water partition coefficient (Wildman–Crippen LogP) is 3.27. The first kappa shape index (κ1) is 22.7. The number of aryl methyl sites for hydroxylation is 1. The number of Topliss-reactive ketones (excluding diaryl/α,β-unsaturated/α-hetero) is 1. The van der Waals surface area contributed by atoms with E-state index in [0.29, 0.717) is 36.3 Å². The molecule has 0 radical (unpaired) electrons. The highest BCUT2D eigenvalue weighted by Crippen LogP contribution is 2.22. The van der Waals surface area contributed by atoms with Crippen molar-refractivity contribution >= 4 is 27.6 Å². The fourth-order valence-corrected chi connectivity index (χ4v) is 4.48. The van der Waals surface area contributed by atoms with E-state index in [1.54, 1.807) is 36.4 Å². The largest absolute Gasteiger partial charge is 0.457 e. The Kier molecular flexibility index (Phi) is 7.57. The number of nitrogens with zero attached hydrogens (tertiary/aromatic N) is 1. The van der Waals surface area contributed by atoms with Gasteiger partial charge in [-0.05, 0) is 37.0 Å². The lowest BCUT2D eigenvalue weighted by Crippen LogP contribution is -2.22. The maximum Gasteiger partial charge on any atom is 0.306 e. The average molecular weight is 443 g/mol. The van der Waals surface area contributed by atoms with Crippen molar-refractivity contribution in [3.63, 3.8) is 0 Å². The summed E-state index contributed by atoms with van der Waals surface area (Å²) in [5.74, 6) is -0.256. The molecule has 2 aromatic rings. The van der Waals surface area contributed by atoms with E-state index in [4.69, 9.17) is 4.74 Å². The summed E-state index contributed by atoms with van der Waals surface area (Å²) in [6.07, 6.45) is 3.20. The minimum atomic E-state index is -3.52. The van der Waals surface area contributed by atoms with Gasteiger partial charge in [0, 0.05) is 24.1 Å². The normalized spacial score (nSPS) is 15.3. The number of nitrogens with one attached hydrogen (secondary N) is 1. The number of hydrogen-bond donors (Lipinski definition) is 1. The zero-order valence-electron chi connectivity index (χ0n) is 17.5. The molecule has 0 atom stereocenters. The third-order valence-corrected chi connectivity index (χ3v) is 6.42. The lowest BCUT2D eigenvalue weighted by Gasteiger charge is -2.05. The number of aliphatic imine (C=N–C) groups is 1. The number of carbonyl (C=O) groups excluding carboxylic acids is 2. The highest BCUT2D eigenvalue weighted by Gasteiger charge is 2.29. The van der Waals surface area contributed by atoms with Crippen LogP contribution in [0.5, 0.6) is 0 Å². The van der Waals surface area contributed by atoms with Crippen LogP contribution >= 0.6 is 0 Å². The molecule has 0 unspecified atom stereocenters. The van der Waals surface area contributed by atoms with Crippen LogP contribution < -0.4 is 4.72 Å². The molecule has 1 aliphatic heterocycles. The molecule has 0 spiro atoms. The SMILES string of the molecule is CCc1ccc(C(=O)COC(=O)CCCCCN=C2NS(=O)(=O)c3ccccc32)cc1. The molecule has 31 heavy (non-hydrogen) atoms. The van der Waals surface area contributed by atoms with E-state index in [2.05, 4.69) is 9.71 Å². The molecule has 8 heteroatoms. The summed E-state index contributed by atoms with van der Waals surface area (Å²) in [5, 5.41) is 0. The predicted molar refractivity (Wildman–Crippen MR) is 118 cm³/mol. The van der Waals surface area contributed by atoms with Gasteiger partial charge < -0.3 is 4.74 Å². The van der Waals surface area contributed by atoms with Gasteiger partial charge in [0.2, 0.25) is 0 Å². The summed E-state index contributed by atoms with van der Waals surface area (Å²) >= 11 is 0. The number of ketones is 1. The molecule has 7 nitrogen and oxygen atoms in total. The number of benzene rings is 2. The number of hydrogen-bond acceptors (Lipinski definition) is 6. The Morgan fingerprint density at radius 3 is 2.48 bits per heavy atom. The van der Waals surface area contributed by atoms with Crippen LogP contribution in [0.4, 0.5) is 0 Å². The Labute approximate surface area is 182 Å². The number of rotatable bonds is 10. The third-order valence-electron chi connectivity index (χ3n) is 5.02. The van der Waals surface area contributed by atoms with Gasteiger partial charge in [-0.1, -0.05) is 49.7 Å². The Bertz CT molecular complexity index is 1080. The van der Waals surface area contributed by atoms with Gasteiger partial charge in [-0.3, -0.25) is 19.3 Å². The van der Waals surface area contributed by atoms with Gasteiger partial charge >= 0.3 is 5.97 Å². The number of ether oxygens (including phenoxy) is 1. The van der Waals surface area contributed by atoms with E-state index in [1.807, 2.05) is 19.1 Å². The highest BCUT2D eigenvalue weighted by molar-refractivity contribution is 7.90. The Hall–Kier alpha value is -3.00. The fraction of sp³-hybridized carbons (Fsp3) is 0.348. The van der Waals surface area contributed by atoms with Crippen LogP contribution in [0.15, 0.2) is 58.4 Å². The molecule has 0 aromatic heterocycles. The van der Waals surface area contributed by atoms with Crippen molar-refractivity contribution < 1.29 is 22.7 Å². The molecule has 1 aliphatic rings. The molecule has 0 saturated carbocycles. The van der Waals surface area contributed by atoms with E-state index < -0.39 is 16.0 Å². The Morgan fingerprint density at radius 2 is 1.74 bits per heavy atom. The van der Waals surface area contributed by atoms with E-state index in [1.165, 1.54) is 0 Å². The van der Waals surface area contributed by atoms with Crippen molar-refractivity contribution in [3.8, 4) is 0 Å². The average Bonchev–Trinajstić information content (AvgIpc) is 3.04. The molecule has 2 aromatic carbocycles. The maximum absolute atomic E-state index is 12.1. The molecule has 164 valence electrons. The first-order valence-electron chi connectivity index (χ1n) is 10.3. The Balaban J connectivity index is 1.34. The minimum absolute atomic E-state index is 0.217. The molecule has 1 heterocycles. The first-order chi connectivity index (χ1) is 14.9. The topological polar surface area (TPSA) is 102 Å². The number of carbonyl (C=O) groups is 2. The van der Waals surface area contributed by atoms with Crippen molar-refractivity contribution in [1.29, 1.82) is 0 Å². The summed E-state index contributed by atoms with van der Waals surface area (Å²) in [4.78, 5) is 28.5. The van der Waals surface area contributed by atoms with Crippen molar-refractivity contribution in [2.24, 2.45) is 4.99 Å². The molecule has 0 saturated heterocycles. The number of esters is 1. The van der Waals surface area contributed by atoms with Gasteiger partial charge in [-0.25, -0.2) is 8.42 Å². The Morgan fingerprint density at radius 1 is 1.00 bits per heavy atom. The lowest BCUT2D eigenvalue weighted by atomic mass is 10.1. The van der Waals surface area contributed by atoms with E-state index in [9.17, 15) is 18.0 Å². The number of amidine groups is 1. The second-order valence-electron chi connectivity index (χ2n) is 7.28. The molecule has 0 fully saturated rings. The van der Waals surface area contributed by atoms with Crippen molar-refractivity contribution in [1.82, 2.24) is 4.72 Å². The van der Waals surface area contributed by atoms with Crippen LogP contribution in [0.2, 0.25) is 0 Å². The van der Waals surface area contributed by atoms with E-state index in [0.717, 1.165) is 18.4 Å². The quantitative estimate of drug-likeness (QED) is 0.346. The zero-order chi connectivity index (χ0) is 22.3. The van der Waals surface area contributed by atoms with Crippen molar-refractivity contribution in [2.75, 3.05) is 13.2 Å². The maximum atomic E-state index is 12.1. The molecule has 0 amide bonds. The number of unbranched alkanes of at least 4 members (excludes halogenated alkanes) is 2. The summed E-state index contributed by atoms with van der Waals surface area (Å²) < 4.78 is 31.6. The van der Waals surface area contributed by atoms with Gasteiger partial charge in [-0.2, -0.15) is 0 Å². The monoisotopic (exact) mass is 442 g/mol. The molecule has 0 aliphatic carbocycles. The van der Waals surface area contributed by atoms with Gasteiger partial charge in [0.1, 0.15) is 5.84 Å². The van der Waals surface area contributed by atoms with E-state index >= 15 is 0 Å². The van der Waals surface area contributed by atoms with Crippen LogP contribution in [0.3, 0.4) is 0 Å². The number of sulfonamides is 1. The third kappa shape index (κ3) is 6.01. The summed E-state index contributed by atoms with van der Waals surface area (Å²) in [6.45, 7) is 2.24. The molecular weight excluding hydrogens is 416 g/mol. The fourth-order valence-electron chi connectivity index (χ4n) is 3.23. The number of fused-ring (bicyclic) bond motifs is 1. The molecule has 3 rings (SSSR count). The van der Waals surface area contributed by atoms with Crippen LogP contribution in [-0.4, -0.2) is 39.2 Å².